The van der Waals surface area contributed by atoms with Crippen LogP contribution in [0.15, 0.2) is 0 Å². The highest BCUT2D eigenvalue weighted by molar-refractivity contribution is 5.85. The molecule has 0 aromatic carbocycles. The Balaban J connectivity index is 0. The molecule has 0 aliphatic carbocycles. The molecule has 0 heterocycles. The van der Waals surface area contributed by atoms with Crippen LogP contribution in [0.5, 0.6) is 0 Å². The molecule has 0 unspecified atom stereocenters. The number of nitrogens with zero attached hydrogens (tertiary/aromatic N) is 1. The Morgan fingerprint density at radius 1 is 1.06 bits per heavy atom. The number of aliphatic carboxylic acids is 2. The number of unbranched alkanes of at least 4 members (excludes halogenated alkanes) is 2. The highest BCUT2D eigenvalue weighted by atomic mass is 35.5. The van der Waals surface area contributed by atoms with Crippen LogP contribution in [0.25, 0.3) is 0 Å². The van der Waals surface area contributed by atoms with Crippen LogP contribution >= 0.6 is 12.4 Å². The number of rotatable bonds is 10. The van der Waals surface area contributed by atoms with Gasteiger partial charge in [0.1, 0.15) is 6.04 Å². The van der Waals surface area contributed by atoms with Gasteiger partial charge in [0, 0.05) is 0 Å². The Morgan fingerprint density at radius 3 is 1.78 bits per heavy atom. The molecule has 0 aromatic rings. The normalized spacial score (nSPS) is 11.9. The van der Waals surface area contributed by atoms with Gasteiger partial charge >= 0.3 is 11.9 Å². The van der Waals surface area contributed by atoms with Gasteiger partial charge in [-0.05, 0) is 25.9 Å². The van der Waals surface area contributed by atoms with Gasteiger partial charge in [0.15, 0.2) is 0 Å². The molecule has 0 aromatic heterocycles. The molecule has 0 rings (SSSR count). The van der Waals surface area contributed by atoms with Crippen molar-refractivity contribution in [1.29, 1.82) is 0 Å². The summed E-state index contributed by atoms with van der Waals surface area (Å²) in [4.78, 5) is 23.6. The molecule has 0 aliphatic heterocycles. The molecular weight excluding hydrogens is 258 g/mol. The third-order valence-electron chi connectivity index (χ3n) is 2.69. The van der Waals surface area contributed by atoms with Gasteiger partial charge in [0.05, 0.1) is 6.42 Å². The number of carbonyl (C=O) groups is 2. The Morgan fingerprint density at radius 2 is 1.50 bits per heavy atom. The molecule has 0 spiro atoms. The highest BCUT2D eigenvalue weighted by Crippen LogP contribution is 2.09. The van der Waals surface area contributed by atoms with Gasteiger partial charge in [-0.25, -0.2) is 0 Å². The minimum atomic E-state index is -1.06. The van der Waals surface area contributed by atoms with E-state index in [9.17, 15) is 9.59 Å². The van der Waals surface area contributed by atoms with Crippen molar-refractivity contribution in [2.75, 3.05) is 13.1 Å². The van der Waals surface area contributed by atoms with E-state index in [1.165, 1.54) is 0 Å². The van der Waals surface area contributed by atoms with Crippen LogP contribution in [-0.4, -0.2) is 46.2 Å². The number of halogens is 1. The molecular formula is C12H24ClNO4. The molecule has 5 nitrogen and oxygen atoms in total. The zero-order valence-corrected chi connectivity index (χ0v) is 11.9. The van der Waals surface area contributed by atoms with Crippen molar-refractivity contribution >= 4 is 24.3 Å². The van der Waals surface area contributed by atoms with E-state index in [0.29, 0.717) is 13.1 Å². The first-order chi connectivity index (χ1) is 8.02. The first-order valence-electron chi connectivity index (χ1n) is 6.21. The summed E-state index contributed by atoms with van der Waals surface area (Å²) in [6, 6.07) is -0.898. The molecule has 18 heavy (non-hydrogen) atoms. The maximum atomic E-state index is 11.1. The maximum absolute atomic E-state index is 11.1. The van der Waals surface area contributed by atoms with E-state index >= 15 is 0 Å². The summed E-state index contributed by atoms with van der Waals surface area (Å²) in [5, 5.41) is 17.8. The molecule has 0 saturated carbocycles. The maximum Gasteiger partial charge on any atom is 0.321 e. The van der Waals surface area contributed by atoms with Gasteiger partial charge in [-0.3, -0.25) is 14.5 Å². The van der Waals surface area contributed by atoms with E-state index in [0.717, 1.165) is 25.7 Å². The fraction of sp³-hybridized carbons (Fsp3) is 0.833. The second-order valence-electron chi connectivity index (χ2n) is 4.19. The van der Waals surface area contributed by atoms with Crippen LogP contribution in [0.2, 0.25) is 0 Å². The van der Waals surface area contributed by atoms with Gasteiger partial charge in [-0.2, -0.15) is 0 Å². The predicted octanol–water partition coefficient (Wildman–Crippen LogP) is 2.24. The van der Waals surface area contributed by atoms with E-state index < -0.39 is 18.0 Å². The fourth-order valence-corrected chi connectivity index (χ4v) is 1.68. The van der Waals surface area contributed by atoms with E-state index in [-0.39, 0.29) is 18.8 Å². The molecule has 0 amide bonds. The van der Waals surface area contributed by atoms with Crippen LogP contribution in [-0.2, 0) is 9.59 Å². The molecule has 0 fully saturated rings. The van der Waals surface area contributed by atoms with Crippen molar-refractivity contribution < 1.29 is 19.8 Å². The third kappa shape index (κ3) is 8.31. The number of hydrogen-bond acceptors (Lipinski definition) is 3. The van der Waals surface area contributed by atoms with Crippen molar-refractivity contribution in [3.63, 3.8) is 0 Å². The largest absolute Gasteiger partial charge is 0.481 e. The molecule has 6 heteroatoms. The van der Waals surface area contributed by atoms with Crippen LogP contribution in [0.3, 0.4) is 0 Å². The molecule has 0 saturated heterocycles. The van der Waals surface area contributed by atoms with E-state index in [4.69, 9.17) is 10.2 Å². The van der Waals surface area contributed by atoms with Gasteiger partial charge in [-0.1, -0.05) is 26.7 Å². The van der Waals surface area contributed by atoms with E-state index in [1.807, 2.05) is 13.8 Å². The quantitative estimate of drug-likeness (QED) is 0.642. The van der Waals surface area contributed by atoms with Gasteiger partial charge in [0.2, 0.25) is 0 Å². The second-order valence-corrected chi connectivity index (χ2v) is 4.19. The van der Waals surface area contributed by atoms with Crippen molar-refractivity contribution in [3.05, 3.63) is 0 Å². The molecule has 2 N–H and O–H groups in total. The minimum Gasteiger partial charge on any atom is -0.481 e. The van der Waals surface area contributed by atoms with Crippen molar-refractivity contribution in [2.24, 2.45) is 0 Å². The molecule has 0 bridgehead atoms. The minimum absolute atomic E-state index is 0. The Kier molecular flexibility index (Phi) is 12.2. The summed E-state index contributed by atoms with van der Waals surface area (Å²) >= 11 is 0. The van der Waals surface area contributed by atoms with E-state index in [1.54, 1.807) is 4.90 Å². The molecule has 0 radical (unpaired) electrons. The van der Waals surface area contributed by atoms with Crippen molar-refractivity contribution in [2.45, 2.75) is 52.0 Å². The predicted molar refractivity (Wildman–Crippen MR) is 72.3 cm³/mol. The van der Waals surface area contributed by atoms with Crippen LogP contribution < -0.4 is 0 Å². The first-order valence-corrected chi connectivity index (χ1v) is 6.21. The Labute approximate surface area is 115 Å². The summed E-state index contributed by atoms with van der Waals surface area (Å²) in [5.74, 6) is -2.10. The summed E-state index contributed by atoms with van der Waals surface area (Å²) < 4.78 is 0. The third-order valence-corrected chi connectivity index (χ3v) is 2.69. The second kappa shape index (κ2) is 11.3. The Bertz CT molecular complexity index is 240. The van der Waals surface area contributed by atoms with Gasteiger partial charge in [-0.15, -0.1) is 12.4 Å². The van der Waals surface area contributed by atoms with Gasteiger partial charge in [0.25, 0.3) is 0 Å². The zero-order valence-electron chi connectivity index (χ0n) is 11.1. The lowest BCUT2D eigenvalue weighted by atomic mass is 10.1. The number of hydrogen-bond donors (Lipinski definition) is 2. The summed E-state index contributed by atoms with van der Waals surface area (Å²) in [6.07, 6.45) is 3.41. The molecule has 0 aliphatic rings. The van der Waals surface area contributed by atoms with Gasteiger partial charge < -0.3 is 10.2 Å². The van der Waals surface area contributed by atoms with E-state index in [2.05, 4.69) is 0 Å². The summed E-state index contributed by atoms with van der Waals surface area (Å²) in [5.41, 5.74) is 0. The summed E-state index contributed by atoms with van der Waals surface area (Å²) in [7, 11) is 0. The smallest absolute Gasteiger partial charge is 0.321 e. The highest BCUT2D eigenvalue weighted by Gasteiger charge is 2.27. The number of carboxylic acid groups (broad SMARTS) is 2. The fourth-order valence-electron chi connectivity index (χ4n) is 1.68. The average molecular weight is 282 g/mol. The zero-order chi connectivity index (χ0) is 13.3. The van der Waals surface area contributed by atoms with Crippen LogP contribution in [0.1, 0.15) is 46.0 Å². The van der Waals surface area contributed by atoms with Crippen LogP contribution in [0, 0.1) is 0 Å². The average Bonchev–Trinajstić information content (AvgIpc) is 2.26. The number of carboxylic acids is 2. The lowest BCUT2D eigenvalue weighted by Crippen LogP contribution is -2.43. The topological polar surface area (TPSA) is 77.8 Å². The first kappa shape index (κ1) is 19.5. The lowest BCUT2D eigenvalue weighted by Gasteiger charge is -2.27. The SMILES string of the molecule is CCCCN(CCCC)[C@@H](CC(=O)O)C(=O)O.Cl. The van der Waals surface area contributed by atoms with Crippen molar-refractivity contribution in [3.8, 4) is 0 Å². The van der Waals surface area contributed by atoms with Crippen molar-refractivity contribution in [1.82, 2.24) is 4.90 Å². The lowest BCUT2D eigenvalue weighted by molar-refractivity contribution is -0.149. The molecule has 108 valence electrons. The van der Waals surface area contributed by atoms with Crippen LogP contribution in [0.4, 0.5) is 0 Å². The Hall–Kier alpha value is -0.810. The summed E-state index contributed by atoms with van der Waals surface area (Å²) in [6.45, 7) is 5.37. The molecule has 1 atom stereocenters. The monoisotopic (exact) mass is 281 g/mol. The standard InChI is InChI=1S/C12H23NO4.ClH/c1-3-5-7-13(8-6-4-2)10(12(16)17)9-11(14)15;/h10H,3-9H2,1-2H3,(H,14,15)(H,16,17);1H/t10-;/m0./s1.